The summed E-state index contributed by atoms with van der Waals surface area (Å²) in [6.45, 7) is 4.19. The van der Waals surface area contributed by atoms with Crippen molar-refractivity contribution in [1.29, 1.82) is 0 Å². The summed E-state index contributed by atoms with van der Waals surface area (Å²) in [5, 5.41) is 0. The maximum Gasteiger partial charge on any atom is 0.0642 e. The molecule has 1 aliphatic rings. The van der Waals surface area contributed by atoms with Gasteiger partial charge in [-0.1, -0.05) is 15.9 Å². The zero-order valence-corrected chi connectivity index (χ0v) is 11.5. The highest BCUT2D eigenvalue weighted by atomic mass is 79.9. The smallest absolute Gasteiger partial charge is 0.0642 e. The van der Waals surface area contributed by atoms with Gasteiger partial charge in [0.05, 0.1) is 20.3 Å². The van der Waals surface area contributed by atoms with Crippen molar-refractivity contribution in [3.63, 3.8) is 0 Å². The Morgan fingerprint density at radius 2 is 2.18 bits per heavy atom. The summed E-state index contributed by atoms with van der Waals surface area (Å²) in [6.07, 6.45) is 0. The second-order valence-corrected chi connectivity index (χ2v) is 4.81. The van der Waals surface area contributed by atoms with Crippen LogP contribution in [0.3, 0.4) is 0 Å². The van der Waals surface area contributed by atoms with Crippen molar-refractivity contribution in [2.45, 2.75) is 6.54 Å². The lowest BCUT2D eigenvalue weighted by Crippen LogP contribution is -2.37. The average Bonchev–Trinajstić information content (AvgIpc) is 2.37. The summed E-state index contributed by atoms with van der Waals surface area (Å²) in [7, 11) is 1.63. The molecule has 1 aromatic rings. The number of hydrogen-bond donors (Lipinski definition) is 1. The molecule has 0 unspecified atom stereocenters. The fourth-order valence-electron chi connectivity index (χ4n) is 1.96. The number of nitrogens with zero attached hydrogens (tertiary/aromatic N) is 1. The minimum Gasteiger partial charge on any atom is -0.378 e. The monoisotopic (exact) mass is 300 g/mol. The van der Waals surface area contributed by atoms with E-state index in [1.165, 1.54) is 11.3 Å². The van der Waals surface area contributed by atoms with E-state index in [4.69, 9.17) is 9.57 Å². The van der Waals surface area contributed by atoms with Crippen molar-refractivity contribution < 1.29 is 9.57 Å². The average molecular weight is 301 g/mol. The topological polar surface area (TPSA) is 33.7 Å². The maximum absolute atomic E-state index is 5.37. The van der Waals surface area contributed by atoms with Crippen LogP contribution in [0.4, 0.5) is 5.69 Å². The van der Waals surface area contributed by atoms with Gasteiger partial charge in [-0.2, -0.15) is 5.48 Å². The highest BCUT2D eigenvalue weighted by Crippen LogP contribution is 2.25. The number of hydrogen-bond acceptors (Lipinski definition) is 4. The Kier molecular flexibility index (Phi) is 4.79. The van der Waals surface area contributed by atoms with E-state index in [2.05, 4.69) is 44.5 Å². The molecule has 5 heteroatoms. The Morgan fingerprint density at radius 3 is 2.88 bits per heavy atom. The first kappa shape index (κ1) is 12.8. The van der Waals surface area contributed by atoms with Crippen molar-refractivity contribution in [2.24, 2.45) is 0 Å². The Morgan fingerprint density at radius 1 is 1.41 bits per heavy atom. The van der Waals surface area contributed by atoms with Gasteiger partial charge in [0, 0.05) is 29.8 Å². The first-order valence-electron chi connectivity index (χ1n) is 5.68. The molecule has 0 amide bonds. The van der Waals surface area contributed by atoms with E-state index < -0.39 is 0 Å². The zero-order chi connectivity index (χ0) is 12.1. The van der Waals surface area contributed by atoms with E-state index in [9.17, 15) is 0 Å². The Hall–Kier alpha value is -0.620. The molecular weight excluding hydrogens is 284 g/mol. The van der Waals surface area contributed by atoms with Crippen LogP contribution in [-0.2, 0) is 16.1 Å². The highest BCUT2D eigenvalue weighted by Gasteiger charge is 2.14. The van der Waals surface area contributed by atoms with Gasteiger partial charge in [-0.25, -0.2) is 0 Å². The van der Waals surface area contributed by atoms with E-state index in [0.29, 0.717) is 6.54 Å². The number of rotatable bonds is 4. The summed E-state index contributed by atoms with van der Waals surface area (Å²) in [6, 6.07) is 6.33. The molecule has 1 heterocycles. The molecule has 0 saturated carbocycles. The van der Waals surface area contributed by atoms with E-state index in [1.54, 1.807) is 7.11 Å². The normalized spacial score (nSPS) is 16.2. The molecule has 2 rings (SSSR count). The van der Waals surface area contributed by atoms with Gasteiger partial charge in [0.25, 0.3) is 0 Å². The summed E-state index contributed by atoms with van der Waals surface area (Å²) in [5.74, 6) is 0. The lowest BCUT2D eigenvalue weighted by molar-refractivity contribution is 0.0866. The predicted molar refractivity (Wildman–Crippen MR) is 71.0 cm³/mol. The maximum atomic E-state index is 5.37. The predicted octanol–water partition coefficient (Wildman–Crippen LogP) is 1.94. The van der Waals surface area contributed by atoms with Crippen molar-refractivity contribution in [3.05, 3.63) is 28.2 Å². The Balaban J connectivity index is 2.18. The minimum absolute atomic E-state index is 0.697. The summed E-state index contributed by atoms with van der Waals surface area (Å²) >= 11 is 3.50. The van der Waals surface area contributed by atoms with Crippen LogP contribution in [0.5, 0.6) is 0 Å². The SMILES string of the molecule is CONCc1cc(Br)ccc1N1CCOCC1. The molecule has 1 saturated heterocycles. The molecular formula is C12H17BrN2O2. The largest absolute Gasteiger partial charge is 0.378 e. The molecule has 0 atom stereocenters. The first-order valence-corrected chi connectivity index (χ1v) is 6.47. The highest BCUT2D eigenvalue weighted by molar-refractivity contribution is 9.10. The first-order chi connectivity index (χ1) is 8.31. The molecule has 17 heavy (non-hydrogen) atoms. The van der Waals surface area contributed by atoms with E-state index in [1.807, 2.05) is 0 Å². The quantitative estimate of drug-likeness (QED) is 0.862. The molecule has 0 bridgehead atoms. The van der Waals surface area contributed by atoms with Crippen LogP contribution in [0.15, 0.2) is 22.7 Å². The van der Waals surface area contributed by atoms with Crippen LogP contribution in [0.25, 0.3) is 0 Å². The molecule has 94 valence electrons. The fourth-order valence-corrected chi connectivity index (χ4v) is 2.37. The number of anilines is 1. The molecule has 1 aromatic carbocycles. The molecule has 1 aliphatic heterocycles. The van der Waals surface area contributed by atoms with Gasteiger partial charge < -0.3 is 14.5 Å². The Bertz CT molecular complexity index is 368. The van der Waals surface area contributed by atoms with E-state index in [0.717, 1.165) is 30.8 Å². The number of hydroxylamine groups is 1. The molecule has 0 radical (unpaired) electrons. The van der Waals surface area contributed by atoms with Gasteiger partial charge in [0.1, 0.15) is 0 Å². The zero-order valence-electron chi connectivity index (χ0n) is 9.91. The van der Waals surface area contributed by atoms with Crippen LogP contribution in [0.1, 0.15) is 5.56 Å². The Labute approximate surface area is 110 Å². The van der Waals surface area contributed by atoms with Crippen molar-refractivity contribution in [2.75, 3.05) is 38.3 Å². The molecule has 0 aliphatic carbocycles. The van der Waals surface area contributed by atoms with Gasteiger partial charge in [0.15, 0.2) is 0 Å². The molecule has 4 nitrogen and oxygen atoms in total. The van der Waals surface area contributed by atoms with E-state index >= 15 is 0 Å². The third-order valence-electron chi connectivity index (χ3n) is 2.80. The third kappa shape index (κ3) is 3.42. The summed E-state index contributed by atoms with van der Waals surface area (Å²) < 4.78 is 6.46. The second-order valence-electron chi connectivity index (χ2n) is 3.90. The number of nitrogens with one attached hydrogen (secondary N) is 1. The van der Waals surface area contributed by atoms with Gasteiger partial charge in [0.2, 0.25) is 0 Å². The van der Waals surface area contributed by atoms with E-state index in [-0.39, 0.29) is 0 Å². The van der Waals surface area contributed by atoms with Crippen LogP contribution < -0.4 is 10.4 Å². The molecule has 1 fully saturated rings. The van der Waals surface area contributed by atoms with Gasteiger partial charge in [-0.05, 0) is 23.8 Å². The van der Waals surface area contributed by atoms with Crippen molar-refractivity contribution >= 4 is 21.6 Å². The standard InChI is InChI=1S/C12H17BrN2O2/c1-16-14-9-10-8-11(13)2-3-12(10)15-4-6-17-7-5-15/h2-3,8,14H,4-7,9H2,1H3. The van der Waals surface area contributed by atoms with Crippen molar-refractivity contribution in [1.82, 2.24) is 5.48 Å². The fraction of sp³-hybridized carbons (Fsp3) is 0.500. The molecule has 0 spiro atoms. The molecule has 0 aromatic heterocycles. The molecule has 1 N–H and O–H groups in total. The number of benzene rings is 1. The summed E-state index contributed by atoms with van der Waals surface area (Å²) in [5.41, 5.74) is 5.37. The lowest BCUT2D eigenvalue weighted by Gasteiger charge is -2.30. The number of ether oxygens (including phenoxy) is 1. The van der Waals surface area contributed by atoms with Gasteiger partial charge >= 0.3 is 0 Å². The van der Waals surface area contributed by atoms with Gasteiger partial charge in [-0.3, -0.25) is 0 Å². The summed E-state index contributed by atoms with van der Waals surface area (Å²) in [4.78, 5) is 7.27. The lowest BCUT2D eigenvalue weighted by atomic mass is 10.1. The van der Waals surface area contributed by atoms with Crippen LogP contribution in [0, 0.1) is 0 Å². The minimum atomic E-state index is 0.697. The van der Waals surface area contributed by atoms with Crippen LogP contribution in [0.2, 0.25) is 0 Å². The van der Waals surface area contributed by atoms with Gasteiger partial charge in [-0.15, -0.1) is 0 Å². The van der Waals surface area contributed by atoms with Crippen LogP contribution in [-0.4, -0.2) is 33.4 Å². The number of morpholine rings is 1. The van der Waals surface area contributed by atoms with Crippen LogP contribution >= 0.6 is 15.9 Å². The third-order valence-corrected chi connectivity index (χ3v) is 3.29. The second kappa shape index (κ2) is 6.35. The van der Waals surface area contributed by atoms with Crippen molar-refractivity contribution in [3.8, 4) is 0 Å². The number of halogens is 1.